The lowest BCUT2D eigenvalue weighted by Gasteiger charge is -2.35. The number of hydrogen-bond donors (Lipinski definition) is 1. The second kappa shape index (κ2) is 6.76. The van der Waals surface area contributed by atoms with Crippen LogP contribution in [0.4, 0.5) is 0 Å². The zero-order valence-corrected chi connectivity index (χ0v) is 13.0. The van der Waals surface area contributed by atoms with Crippen molar-refractivity contribution in [1.29, 1.82) is 0 Å². The van der Waals surface area contributed by atoms with Crippen molar-refractivity contribution in [2.45, 2.75) is 70.4 Å². The predicted octanol–water partition coefficient (Wildman–Crippen LogP) is 3.13. The fourth-order valence-corrected chi connectivity index (χ4v) is 3.55. The minimum Gasteiger partial charge on any atom is -0.381 e. The summed E-state index contributed by atoms with van der Waals surface area (Å²) in [5.74, 6) is 0.842. The first kappa shape index (κ1) is 14.8. The van der Waals surface area contributed by atoms with Crippen molar-refractivity contribution in [3.8, 4) is 0 Å². The minimum atomic E-state index is 0.357. The van der Waals surface area contributed by atoms with Crippen molar-refractivity contribution >= 4 is 0 Å². The average molecular weight is 281 g/mol. The normalized spacial score (nSPS) is 33.8. The lowest BCUT2D eigenvalue weighted by atomic mass is 9.76. The predicted molar refractivity (Wildman–Crippen MR) is 80.9 cm³/mol. The van der Waals surface area contributed by atoms with Gasteiger partial charge in [-0.25, -0.2) is 0 Å². The molecule has 3 aliphatic rings. The third kappa shape index (κ3) is 3.75. The monoisotopic (exact) mass is 281 g/mol. The van der Waals surface area contributed by atoms with Gasteiger partial charge >= 0.3 is 0 Å². The molecule has 0 amide bonds. The quantitative estimate of drug-likeness (QED) is 0.624. The number of ether oxygens (including phenoxy) is 2. The third-order valence-electron chi connectivity index (χ3n) is 5.26. The van der Waals surface area contributed by atoms with E-state index in [1.165, 1.54) is 51.4 Å². The third-order valence-corrected chi connectivity index (χ3v) is 5.26. The van der Waals surface area contributed by atoms with Gasteiger partial charge in [0.1, 0.15) is 0 Å². The summed E-state index contributed by atoms with van der Waals surface area (Å²) in [5, 5.41) is 3.77. The SMILES string of the molecule is CCCCOCCC1(CNC2CC2)CCOC1C1CC1. The van der Waals surface area contributed by atoms with E-state index in [4.69, 9.17) is 9.47 Å². The Morgan fingerprint density at radius 3 is 2.75 bits per heavy atom. The fourth-order valence-electron chi connectivity index (χ4n) is 3.55. The Hall–Kier alpha value is -0.120. The van der Waals surface area contributed by atoms with Gasteiger partial charge in [-0.1, -0.05) is 13.3 Å². The molecule has 2 saturated carbocycles. The maximum Gasteiger partial charge on any atom is 0.0673 e. The van der Waals surface area contributed by atoms with E-state index in [1.54, 1.807) is 0 Å². The molecule has 0 aromatic heterocycles. The van der Waals surface area contributed by atoms with Crippen LogP contribution in [0.2, 0.25) is 0 Å². The highest BCUT2D eigenvalue weighted by atomic mass is 16.5. The van der Waals surface area contributed by atoms with E-state index in [1.807, 2.05) is 0 Å². The summed E-state index contributed by atoms with van der Waals surface area (Å²) in [6.45, 7) is 6.17. The molecule has 1 saturated heterocycles. The second-order valence-corrected chi connectivity index (χ2v) is 7.11. The smallest absolute Gasteiger partial charge is 0.0673 e. The lowest BCUT2D eigenvalue weighted by Crippen LogP contribution is -2.43. The molecule has 2 atom stereocenters. The van der Waals surface area contributed by atoms with Gasteiger partial charge in [0.25, 0.3) is 0 Å². The van der Waals surface area contributed by atoms with E-state index in [-0.39, 0.29) is 0 Å². The first-order valence-electron chi connectivity index (χ1n) is 8.77. The molecule has 3 heteroatoms. The molecule has 2 unspecified atom stereocenters. The highest BCUT2D eigenvalue weighted by Gasteiger charge is 2.50. The Morgan fingerprint density at radius 2 is 2.05 bits per heavy atom. The minimum absolute atomic E-state index is 0.357. The number of rotatable bonds is 10. The zero-order chi connectivity index (χ0) is 13.8. The van der Waals surface area contributed by atoms with Crippen molar-refractivity contribution in [3.05, 3.63) is 0 Å². The molecule has 3 rings (SSSR count). The van der Waals surface area contributed by atoms with E-state index >= 15 is 0 Å². The standard InChI is InChI=1S/C17H31NO2/c1-2-3-10-19-11-8-17(13-18-15-6-7-15)9-12-20-16(17)14-4-5-14/h14-16,18H,2-13H2,1H3. The van der Waals surface area contributed by atoms with E-state index < -0.39 is 0 Å². The number of nitrogens with one attached hydrogen (secondary N) is 1. The molecular formula is C17H31NO2. The van der Waals surface area contributed by atoms with Gasteiger partial charge in [0.05, 0.1) is 6.10 Å². The molecule has 2 aliphatic carbocycles. The zero-order valence-electron chi connectivity index (χ0n) is 13.0. The van der Waals surface area contributed by atoms with Gasteiger partial charge in [-0.15, -0.1) is 0 Å². The topological polar surface area (TPSA) is 30.5 Å². The van der Waals surface area contributed by atoms with Gasteiger partial charge in [0.2, 0.25) is 0 Å². The molecule has 3 nitrogen and oxygen atoms in total. The van der Waals surface area contributed by atoms with Crippen LogP contribution in [-0.2, 0) is 9.47 Å². The Labute approximate surface area is 123 Å². The van der Waals surface area contributed by atoms with Crippen molar-refractivity contribution in [2.75, 3.05) is 26.4 Å². The molecule has 0 aromatic rings. The van der Waals surface area contributed by atoms with Crippen LogP contribution < -0.4 is 5.32 Å². The highest BCUT2D eigenvalue weighted by molar-refractivity contribution is 5.01. The van der Waals surface area contributed by atoms with Gasteiger partial charge in [0, 0.05) is 37.8 Å². The Bertz CT molecular complexity index is 301. The summed E-state index contributed by atoms with van der Waals surface area (Å²) in [4.78, 5) is 0. The molecule has 0 radical (unpaired) electrons. The van der Waals surface area contributed by atoms with Crippen LogP contribution in [0.25, 0.3) is 0 Å². The van der Waals surface area contributed by atoms with E-state index in [0.29, 0.717) is 11.5 Å². The average Bonchev–Trinajstić information content (AvgIpc) is 3.37. The van der Waals surface area contributed by atoms with Crippen molar-refractivity contribution in [2.24, 2.45) is 11.3 Å². The summed E-state index contributed by atoms with van der Waals surface area (Å²) in [5.41, 5.74) is 0.357. The second-order valence-electron chi connectivity index (χ2n) is 7.11. The van der Waals surface area contributed by atoms with Crippen molar-refractivity contribution in [3.63, 3.8) is 0 Å². The summed E-state index contributed by atoms with van der Waals surface area (Å²) >= 11 is 0. The highest BCUT2D eigenvalue weighted by Crippen LogP contribution is 2.49. The maximum atomic E-state index is 6.13. The number of hydrogen-bond acceptors (Lipinski definition) is 3. The van der Waals surface area contributed by atoms with Crippen LogP contribution in [-0.4, -0.2) is 38.5 Å². The molecule has 0 aromatic carbocycles. The van der Waals surface area contributed by atoms with E-state index in [9.17, 15) is 0 Å². The molecule has 1 N–H and O–H groups in total. The van der Waals surface area contributed by atoms with Crippen molar-refractivity contribution in [1.82, 2.24) is 5.32 Å². The maximum absolute atomic E-state index is 6.13. The molecule has 20 heavy (non-hydrogen) atoms. The molecule has 0 bridgehead atoms. The van der Waals surface area contributed by atoms with Gasteiger partial charge < -0.3 is 14.8 Å². The fraction of sp³-hybridized carbons (Fsp3) is 1.00. The van der Waals surface area contributed by atoms with Gasteiger partial charge in [-0.3, -0.25) is 0 Å². The van der Waals surface area contributed by atoms with Crippen LogP contribution in [0.1, 0.15) is 58.3 Å². The van der Waals surface area contributed by atoms with Crippen LogP contribution in [0.5, 0.6) is 0 Å². The molecule has 116 valence electrons. The summed E-state index contributed by atoms with van der Waals surface area (Å²) < 4.78 is 12.0. The van der Waals surface area contributed by atoms with Gasteiger partial charge in [-0.05, 0) is 50.9 Å². The van der Waals surface area contributed by atoms with Crippen LogP contribution in [0, 0.1) is 11.3 Å². The van der Waals surface area contributed by atoms with Gasteiger partial charge in [-0.2, -0.15) is 0 Å². The summed E-state index contributed by atoms with van der Waals surface area (Å²) in [6, 6.07) is 0.799. The molecule has 1 heterocycles. The van der Waals surface area contributed by atoms with E-state index in [0.717, 1.165) is 38.3 Å². The molecule has 1 aliphatic heterocycles. The van der Waals surface area contributed by atoms with Gasteiger partial charge in [0.15, 0.2) is 0 Å². The summed E-state index contributed by atoms with van der Waals surface area (Å²) in [6.07, 6.45) is 10.8. The Kier molecular flexibility index (Phi) is 5.00. The first-order valence-corrected chi connectivity index (χ1v) is 8.77. The Balaban J connectivity index is 1.51. The van der Waals surface area contributed by atoms with Crippen LogP contribution >= 0.6 is 0 Å². The van der Waals surface area contributed by atoms with Crippen LogP contribution in [0.15, 0.2) is 0 Å². The number of unbranched alkanes of at least 4 members (excludes halogenated alkanes) is 1. The largest absolute Gasteiger partial charge is 0.381 e. The van der Waals surface area contributed by atoms with Crippen molar-refractivity contribution < 1.29 is 9.47 Å². The lowest BCUT2D eigenvalue weighted by molar-refractivity contribution is 0.00816. The first-order chi connectivity index (χ1) is 9.84. The Morgan fingerprint density at radius 1 is 1.20 bits per heavy atom. The summed E-state index contributed by atoms with van der Waals surface area (Å²) in [7, 11) is 0. The molecular weight excluding hydrogens is 250 g/mol. The van der Waals surface area contributed by atoms with Crippen LogP contribution in [0.3, 0.4) is 0 Å². The molecule has 3 fully saturated rings. The molecule has 0 spiro atoms. The van der Waals surface area contributed by atoms with E-state index in [2.05, 4.69) is 12.2 Å².